The summed E-state index contributed by atoms with van der Waals surface area (Å²) < 4.78 is 44.6. The van der Waals surface area contributed by atoms with E-state index in [1.54, 1.807) is 0 Å². The Morgan fingerprint density at radius 3 is 2.32 bits per heavy atom. The van der Waals surface area contributed by atoms with Crippen molar-refractivity contribution in [3.8, 4) is 5.75 Å². The molecule has 3 N–H and O–H groups in total. The molecule has 3 nitrogen and oxygen atoms in total. The number of aryl methyl sites for hydroxylation is 1. The van der Waals surface area contributed by atoms with E-state index in [0.717, 1.165) is 0 Å². The second-order valence-electron chi connectivity index (χ2n) is 4.46. The molecule has 6 heteroatoms. The summed E-state index contributed by atoms with van der Waals surface area (Å²) in [6.07, 6.45) is -4.84. The fourth-order valence-electron chi connectivity index (χ4n) is 2.05. The molecule has 1 aromatic rings. The lowest BCUT2D eigenvalue weighted by Crippen LogP contribution is -2.55. The van der Waals surface area contributed by atoms with Gasteiger partial charge in [0, 0.05) is 6.04 Å². The lowest BCUT2D eigenvalue weighted by atomic mass is 9.82. The van der Waals surface area contributed by atoms with Gasteiger partial charge in [0.25, 0.3) is 0 Å². The Morgan fingerprint density at radius 1 is 1.37 bits per heavy atom. The molecule has 0 heterocycles. The number of aliphatic hydroxyl groups is 1. The number of alkyl halides is 3. The molecule has 1 aromatic carbocycles. The van der Waals surface area contributed by atoms with Crippen molar-refractivity contribution in [2.45, 2.75) is 38.1 Å². The van der Waals surface area contributed by atoms with Gasteiger partial charge in [-0.3, -0.25) is 0 Å². The van der Waals surface area contributed by atoms with Crippen LogP contribution in [0.5, 0.6) is 5.75 Å². The molecule has 0 fully saturated rings. The Labute approximate surface area is 110 Å². The molecule has 1 rings (SSSR count). The molecular formula is C13H18F3NO2. The van der Waals surface area contributed by atoms with Crippen LogP contribution in [0.4, 0.5) is 13.2 Å². The minimum absolute atomic E-state index is 0.00147. The smallest absolute Gasteiger partial charge is 0.423 e. The minimum Gasteiger partial charge on any atom is -0.497 e. The quantitative estimate of drug-likeness (QED) is 0.889. The summed E-state index contributed by atoms with van der Waals surface area (Å²) >= 11 is 0. The number of nitrogens with two attached hydrogens (primary N) is 1. The van der Waals surface area contributed by atoms with E-state index >= 15 is 0 Å². The third kappa shape index (κ3) is 2.69. The van der Waals surface area contributed by atoms with Gasteiger partial charge in [0.15, 0.2) is 0 Å². The average Bonchev–Trinajstić information content (AvgIpc) is 2.35. The number of benzene rings is 1. The Morgan fingerprint density at radius 2 is 1.95 bits per heavy atom. The first-order valence-electron chi connectivity index (χ1n) is 5.88. The summed E-state index contributed by atoms with van der Waals surface area (Å²) in [6, 6.07) is 2.59. The van der Waals surface area contributed by atoms with Crippen LogP contribution in [0.1, 0.15) is 24.5 Å². The normalized spacial score (nSPS) is 16.8. The third-order valence-corrected chi connectivity index (χ3v) is 3.25. The van der Waals surface area contributed by atoms with Crippen LogP contribution >= 0.6 is 0 Å². The van der Waals surface area contributed by atoms with Crippen molar-refractivity contribution >= 4 is 0 Å². The van der Waals surface area contributed by atoms with Gasteiger partial charge in [-0.2, -0.15) is 13.2 Å². The first-order valence-corrected chi connectivity index (χ1v) is 5.88. The molecule has 0 saturated carbocycles. The van der Waals surface area contributed by atoms with E-state index in [-0.39, 0.29) is 17.5 Å². The molecule has 0 aliphatic rings. The third-order valence-electron chi connectivity index (χ3n) is 3.25. The summed E-state index contributed by atoms with van der Waals surface area (Å²) in [5.74, 6) is 0.427. The van der Waals surface area contributed by atoms with Crippen molar-refractivity contribution in [3.05, 3.63) is 29.3 Å². The molecule has 2 atom stereocenters. The second kappa shape index (κ2) is 5.38. The number of rotatable bonds is 4. The van der Waals surface area contributed by atoms with E-state index in [4.69, 9.17) is 10.5 Å². The highest BCUT2D eigenvalue weighted by Gasteiger charge is 2.58. The summed E-state index contributed by atoms with van der Waals surface area (Å²) in [5, 5.41) is 10.1. The summed E-state index contributed by atoms with van der Waals surface area (Å²) in [7, 11) is 1.42. The molecule has 0 bridgehead atoms. The van der Waals surface area contributed by atoms with E-state index in [0.29, 0.717) is 5.75 Å². The van der Waals surface area contributed by atoms with Crippen LogP contribution in [-0.4, -0.2) is 24.4 Å². The summed E-state index contributed by atoms with van der Waals surface area (Å²) in [4.78, 5) is 0. The molecule has 0 aromatic heterocycles. The fourth-order valence-corrected chi connectivity index (χ4v) is 2.05. The number of halogens is 3. The van der Waals surface area contributed by atoms with E-state index in [9.17, 15) is 18.3 Å². The lowest BCUT2D eigenvalue weighted by Gasteiger charge is -2.36. The van der Waals surface area contributed by atoms with Gasteiger partial charge in [-0.1, -0.05) is 13.0 Å². The Bertz CT molecular complexity index is 448. The number of methoxy groups -OCH3 is 1. The highest BCUT2D eigenvalue weighted by molar-refractivity contribution is 5.40. The molecule has 108 valence electrons. The average molecular weight is 277 g/mol. The predicted molar refractivity (Wildman–Crippen MR) is 65.9 cm³/mol. The maximum absolute atomic E-state index is 13.2. The Hall–Kier alpha value is -1.27. The van der Waals surface area contributed by atoms with E-state index in [2.05, 4.69) is 0 Å². The molecule has 0 amide bonds. The molecule has 2 unspecified atom stereocenters. The topological polar surface area (TPSA) is 55.5 Å². The minimum atomic E-state index is -4.85. The van der Waals surface area contributed by atoms with Crippen LogP contribution in [0, 0.1) is 6.92 Å². The zero-order valence-electron chi connectivity index (χ0n) is 11.1. The highest BCUT2D eigenvalue weighted by Crippen LogP contribution is 2.43. The monoisotopic (exact) mass is 277 g/mol. The standard InChI is InChI=1S/C13H18F3NO2/c1-4-11(17)12(18,13(14,15)16)10-6-5-9(19-3)7-8(10)2/h5-7,11,18H,4,17H2,1-3H3. The zero-order valence-corrected chi connectivity index (χ0v) is 11.1. The second-order valence-corrected chi connectivity index (χ2v) is 4.46. The lowest BCUT2D eigenvalue weighted by molar-refractivity contribution is -0.274. The maximum atomic E-state index is 13.2. The largest absolute Gasteiger partial charge is 0.497 e. The van der Waals surface area contributed by atoms with Gasteiger partial charge >= 0.3 is 6.18 Å². The van der Waals surface area contributed by atoms with E-state index in [1.807, 2.05) is 0 Å². The van der Waals surface area contributed by atoms with Crippen LogP contribution in [0.25, 0.3) is 0 Å². The van der Waals surface area contributed by atoms with Crippen molar-refractivity contribution in [1.29, 1.82) is 0 Å². The van der Waals surface area contributed by atoms with Gasteiger partial charge < -0.3 is 15.6 Å². The molecular weight excluding hydrogens is 259 g/mol. The number of hydrogen-bond acceptors (Lipinski definition) is 3. The van der Waals surface area contributed by atoms with Crippen LogP contribution in [0.2, 0.25) is 0 Å². The van der Waals surface area contributed by atoms with Crippen molar-refractivity contribution in [2.75, 3.05) is 7.11 Å². The predicted octanol–water partition coefficient (Wildman–Crippen LogP) is 2.49. The van der Waals surface area contributed by atoms with Gasteiger partial charge in [-0.25, -0.2) is 0 Å². The number of hydrogen-bond donors (Lipinski definition) is 2. The van der Waals surface area contributed by atoms with Gasteiger partial charge in [-0.05, 0) is 36.6 Å². The Kier molecular flexibility index (Phi) is 4.47. The Balaban J connectivity index is 3.42. The maximum Gasteiger partial charge on any atom is 0.423 e. The molecule has 0 saturated heterocycles. The van der Waals surface area contributed by atoms with Crippen molar-refractivity contribution in [2.24, 2.45) is 5.73 Å². The fraction of sp³-hybridized carbons (Fsp3) is 0.538. The SMILES string of the molecule is CCC(N)C(O)(c1ccc(OC)cc1C)C(F)(F)F. The number of ether oxygens (including phenoxy) is 1. The van der Waals surface area contributed by atoms with Crippen LogP contribution in [-0.2, 0) is 5.60 Å². The van der Waals surface area contributed by atoms with Crippen molar-refractivity contribution in [1.82, 2.24) is 0 Å². The van der Waals surface area contributed by atoms with Gasteiger partial charge in [0.2, 0.25) is 5.60 Å². The highest BCUT2D eigenvalue weighted by atomic mass is 19.4. The van der Waals surface area contributed by atoms with Gasteiger partial charge in [-0.15, -0.1) is 0 Å². The van der Waals surface area contributed by atoms with Crippen LogP contribution < -0.4 is 10.5 Å². The van der Waals surface area contributed by atoms with Crippen molar-refractivity contribution < 1.29 is 23.0 Å². The van der Waals surface area contributed by atoms with E-state index < -0.39 is 17.8 Å². The summed E-state index contributed by atoms with van der Waals surface area (Å²) in [6.45, 7) is 2.98. The van der Waals surface area contributed by atoms with E-state index in [1.165, 1.54) is 39.2 Å². The van der Waals surface area contributed by atoms with Crippen LogP contribution in [0.3, 0.4) is 0 Å². The molecule has 0 aliphatic heterocycles. The molecule has 0 spiro atoms. The zero-order chi connectivity index (χ0) is 14.8. The van der Waals surface area contributed by atoms with Crippen LogP contribution in [0.15, 0.2) is 18.2 Å². The first kappa shape index (κ1) is 15.8. The first-order chi connectivity index (χ1) is 8.68. The van der Waals surface area contributed by atoms with Gasteiger partial charge in [0.1, 0.15) is 5.75 Å². The van der Waals surface area contributed by atoms with Crippen molar-refractivity contribution in [3.63, 3.8) is 0 Å². The molecule has 0 aliphatic carbocycles. The summed E-state index contributed by atoms with van der Waals surface area (Å²) in [5.41, 5.74) is 2.49. The molecule has 0 radical (unpaired) electrons. The van der Waals surface area contributed by atoms with Gasteiger partial charge in [0.05, 0.1) is 7.11 Å². The molecule has 19 heavy (non-hydrogen) atoms.